The van der Waals surface area contributed by atoms with E-state index in [2.05, 4.69) is 32.6 Å². The van der Waals surface area contributed by atoms with Gasteiger partial charge in [0.1, 0.15) is 0 Å². The molecule has 0 saturated heterocycles. The van der Waals surface area contributed by atoms with Crippen LogP contribution in [0.1, 0.15) is 39.5 Å². The first-order valence-corrected chi connectivity index (χ1v) is 5.70. The van der Waals surface area contributed by atoms with Crippen molar-refractivity contribution in [2.75, 3.05) is 0 Å². The molecule has 1 nitrogen and oxygen atoms in total. The van der Waals surface area contributed by atoms with Gasteiger partial charge >= 0.3 is 0 Å². The molecule has 14 heavy (non-hydrogen) atoms. The molecular weight excluding hydrogens is 170 g/mol. The summed E-state index contributed by atoms with van der Waals surface area (Å²) < 4.78 is 0. The largest absolute Gasteiger partial charge is 0.327 e. The first kappa shape index (κ1) is 11.5. The lowest BCUT2D eigenvalue weighted by Gasteiger charge is -2.07. The summed E-state index contributed by atoms with van der Waals surface area (Å²) in [5.74, 6) is 1.72. The van der Waals surface area contributed by atoms with Crippen molar-refractivity contribution in [3.63, 3.8) is 0 Å². The van der Waals surface area contributed by atoms with E-state index in [4.69, 9.17) is 5.73 Å². The van der Waals surface area contributed by atoms with Crippen molar-refractivity contribution < 1.29 is 0 Å². The van der Waals surface area contributed by atoms with Gasteiger partial charge < -0.3 is 5.73 Å². The highest BCUT2D eigenvalue weighted by atomic mass is 14.7. The zero-order valence-electron chi connectivity index (χ0n) is 9.50. The molecule has 1 aliphatic rings. The Kier molecular flexibility index (Phi) is 4.40. The first-order chi connectivity index (χ1) is 6.65. The molecule has 0 amide bonds. The van der Waals surface area contributed by atoms with Crippen molar-refractivity contribution in [2.45, 2.75) is 45.6 Å². The summed E-state index contributed by atoms with van der Waals surface area (Å²) >= 11 is 0. The average Bonchev–Trinajstić information content (AvgIpc) is 2.90. The molecule has 3 unspecified atom stereocenters. The third-order valence-electron chi connectivity index (χ3n) is 3.09. The van der Waals surface area contributed by atoms with Crippen LogP contribution in [0.25, 0.3) is 0 Å². The van der Waals surface area contributed by atoms with E-state index in [1.165, 1.54) is 18.4 Å². The zero-order valence-corrected chi connectivity index (χ0v) is 9.50. The third-order valence-corrected chi connectivity index (χ3v) is 3.09. The Balaban J connectivity index is 2.12. The lowest BCUT2D eigenvalue weighted by Crippen LogP contribution is -2.22. The molecule has 80 valence electrons. The normalized spacial score (nSPS) is 27.9. The predicted octanol–water partition coefficient (Wildman–Crippen LogP) is 3.27. The van der Waals surface area contributed by atoms with Crippen LogP contribution >= 0.6 is 0 Å². The molecule has 2 N–H and O–H groups in total. The minimum Gasteiger partial charge on any atom is -0.327 e. The molecule has 0 spiro atoms. The Hall–Kier alpha value is -0.560. The van der Waals surface area contributed by atoms with Crippen LogP contribution in [0.5, 0.6) is 0 Å². The topological polar surface area (TPSA) is 26.0 Å². The van der Waals surface area contributed by atoms with Gasteiger partial charge in [-0.2, -0.15) is 0 Å². The summed E-state index contributed by atoms with van der Waals surface area (Å²) in [6.07, 6.45) is 9.08. The van der Waals surface area contributed by atoms with E-state index in [0.29, 0.717) is 6.04 Å². The summed E-state index contributed by atoms with van der Waals surface area (Å²) in [5, 5.41) is 0. The standard InChI is InChI=1S/C13H23N/c1-4-11-9-12(11)13(14)8-6-5-7-10(2)3/h5-6,11-13H,2,4,7-9,14H2,1,3H3. The molecule has 0 aliphatic heterocycles. The Bertz CT molecular complexity index is 217. The number of allylic oxidation sites excluding steroid dienone is 2. The van der Waals surface area contributed by atoms with Crippen molar-refractivity contribution in [1.29, 1.82) is 0 Å². The van der Waals surface area contributed by atoms with E-state index in [0.717, 1.165) is 24.7 Å². The summed E-state index contributed by atoms with van der Waals surface area (Å²) in [7, 11) is 0. The van der Waals surface area contributed by atoms with Crippen molar-refractivity contribution >= 4 is 0 Å². The van der Waals surface area contributed by atoms with E-state index < -0.39 is 0 Å². The van der Waals surface area contributed by atoms with Gasteiger partial charge in [0, 0.05) is 6.04 Å². The van der Waals surface area contributed by atoms with Gasteiger partial charge in [-0.1, -0.05) is 37.6 Å². The highest BCUT2D eigenvalue weighted by Crippen LogP contribution is 2.43. The Morgan fingerprint density at radius 1 is 1.57 bits per heavy atom. The maximum absolute atomic E-state index is 6.09. The maximum Gasteiger partial charge on any atom is 0.0105 e. The molecule has 0 aromatic heterocycles. The minimum atomic E-state index is 0.390. The third kappa shape index (κ3) is 3.67. The van der Waals surface area contributed by atoms with Crippen LogP contribution in [0.3, 0.4) is 0 Å². The van der Waals surface area contributed by atoms with Crippen LogP contribution in [-0.2, 0) is 0 Å². The van der Waals surface area contributed by atoms with E-state index in [-0.39, 0.29) is 0 Å². The fourth-order valence-corrected chi connectivity index (χ4v) is 1.98. The summed E-state index contributed by atoms with van der Waals surface area (Å²) in [5.41, 5.74) is 7.30. The Morgan fingerprint density at radius 3 is 2.79 bits per heavy atom. The average molecular weight is 193 g/mol. The monoisotopic (exact) mass is 193 g/mol. The maximum atomic E-state index is 6.09. The quantitative estimate of drug-likeness (QED) is 0.644. The van der Waals surface area contributed by atoms with Gasteiger partial charge in [0.2, 0.25) is 0 Å². The number of hydrogen-bond acceptors (Lipinski definition) is 1. The van der Waals surface area contributed by atoms with Gasteiger partial charge in [-0.3, -0.25) is 0 Å². The predicted molar refractivity (Wildman–Crippen MR) is 63.1 cm³/mol. The van der Waals surface area contributed by atoms with Gasteiger partial charge in [-0.15, -0.1) is 0 Å². The molecule has 0 heterocycles. The second kappa shape index (κ2) is 5.35. The molecule has 1 fully saturated rings. The molecule has 0 bridgehead atoms. The lowest BCUT2D eigenvalue weighted by molar-refractivity contribution is 0.547. The van der Waals surface area contributed by atoms with Crippen LogP contribution < -0.4 is 5.73 Å². The molecular formula is C13H23N. The van der Waals surface area contributed by atoms with Crippen LogP contribution in [-0.4, -0.2) is 6.04 Å². The van der Waals surface area contributed by atoms with Crippen LogP contribution in [0.4, 0.5) is 0 Å². The molecule has 0 aromatic carbocycles. The molecule has 1 saturated carbocycles. The minimum absolute atomic E-state index is 0.390. The van der Waals surface area contributed by atoms with E-state index in [1.54, 1.807) is 0 Å². The van der Waals surface area contributed by atoms with Crippen LogP contribution in [0.15, 0.2) is 24.3 Å². The molecule has 0 aromatic rings. The summed E-state index contributed by atoms with van der Waals surface area (Å²) in [4.78, 5) is 0. The second-order valence-electron chi connectivity index (χ2n) is 4.60. The van der Waals surface area contributed by atoms with Gasteiger partial charge in [-0.05, 0) is 38.0 Å². The van der Waals surface area contributed by atoms with Crippen molar-refractivity contribution in [1.82, 2.24) is 0 Å². The van der Waals surface area contributed by atoms with Gasteiger partial charge in [-0.25, -0.2) is 0 Å². The Labute approximate surface area is 88.1 Å². The summed E-state index contributed by atoms with van der Waals surface area (Å²) in [6, 6.07) is 0.390. The molecule has 3 atom stereocenters. The zero-order chi connectivity index (χ0) is 10.6. The van der Waals surface area contributed by atoms with Gasteiger partial charge in [0.15, 0.2) is 0 Å². The smallest absolute Gasteiger partial charge is 0.0105 e. The van der Waals surface area contributed by atoms with Crippen LogP contribution in [0.2, 0.25) is 0 Å². The van der Waals surface area contributed by atoms with E-state index in [9.17, 15) is 0 Å². The van der Waals surface area contributed by atoms with Gasteiger partial charge in [0.25, 0.3) is 0 Å². The fourth-order valence-electron chi connectivity index (χ4n) is 1.98. The summed E-state index contributed by atoms with van der Waals surface area (Å²) in [6.45, 7) is 8.17. The van der Waals surface area contributed by atoms with Crippen LogP contribution in [0, 0.1) is 11.8 Å². The highest BCUT2D eigenvalue weighted by molar-refractivity contribution is 5.01. The molecule has 1 rings (SSSR count). The second-order valence-corrected chi connectivity index (χ2v) is 4.60. The van der Waals surface area contributed by atoms with E-state index in [1.807, 2.05) is 0 Å². The van der Waals surface area contributed by atoms with Gasteiger partial charge in [0.05, 0.1) is 0 Å². The first-order valence-electron chi connectivity index (χ1n) is 5.70. The highest BCUT2D eigenvalue weighted by Gasteiger charge is 2.38. The van der Waals surface area contributed by atoms with Crippen molar-refractivity contribution in [3.05, 3.63) is 24.3 Å². The number of hydrogen-bond donors (Lipinski definition) is 1. The lowest BCUT2D eigenvalue weighted by atomic mass is 10.1. The van der Waals surface area contributed by atoms with Crippen molar-refractivity contribution in [2.24, 2.45) is 17.6 Å². The SMILES string of the molecule is C=C(C)CC=CCC(N)C1CC1CC. The molecule has 1 heteroatoms. The molecule has 0 radical (unpaired) electrons. The number of nitrogens with two attached hydrogens (primary N) is 1. The van der Waals surface area contributed by atoms with E-state index >= 15 is 0 Å². The Morgan fingerprint density at radius 2 is 2.29 bits per heavy atom. The number of rotatable bonds is 6. The molecule has 1 aliphatic carbocycles. The van der Waals surface area contributed by atoms with Crippen molar-refractivity contribution in [3.8, 4) is 0 Å². The fraction of sp³-hybridized carbons (Fsp3) is 0.692.